The standard InChI is InChI=1S/C32H55N3O4S/c1-9-11-12-13-14-15-22-35(30(37)27(21-23-40-8)34-31(38)39-32(5,6)7)28(26-19-17-24(3)18-20-26)29(36)33-25(4)16-10-2/h17-20,25,27-28H,9-16,21-23H2,1-8H3,(H,33,36)(H,34,38). The molecule has 0 bridgehead atoms. The summed E-state index contributed by atoms with van der Waals surface area (Å²) in [6.45, 7) is 14.1. The van der Waals surface area contributed by atoms with Crippen LogP contribution in [0.1, 0.15) is 116 Å². The van der Waals surface area contributed by atoms with Crippen molar-refractivity contribution in [1.29, 1.82) is 0 Å². The number of unbranched alkanes of at least 4 members (excludes halogenated alkanes) is 5. The average molecular weight is 578 g/mol. The highest BCUT2D eigenvalue weighted by Crippen LogP contribution is 2.25. The summed E-state index contributed by atoms with van der Waals surface area (Å²) in [7, 11) is 0. The van der Waals surface area contributed by atoms with Crippen LogP contribution < -0.4 is 10.6 Å². The molecule has 0 saturated heterocycles. The summed E-state index contributed by atoms with van der Waals surface area (Å²) in [6, 6.07) is 6.22. The topological polar surface area (TPSA) is 87.7 Å². The van der Waals surface area contributed by atoms with Crippen LogP contribution in [-0.2, 0) is 14.3 Å². The number of thioether (sulfide) groups is 1. The first kappa shape index (κ1) is 35.8. The molecular weight excluding hydrogens is 522 g/mol. The molecule has 0 aliphatic carbocycles. The Hall–Kier alpha value is -2.22. The van der Waals surface area contributed by atoms with Gasteiger partial charge in [-0.1, -0.05) is 82.2 Å². The van der Waals surface area contributed by atoms with Crippen molar-refractivity contribution in [1.82, 2.24) is 15.5 Å². The van der Waals surface area contributed by atoms with Gasteiger partial charge in [-0.2, -0.15) is 11.8 Å². The van der Waals surface area contributed by atoms with Crippen LogP contribution in [0.25, 0.3) is 0 Å². The minimum absolute atomic E-state index is 0.0105. The molecular formula is C32H55N3O4S. The molecule has 3 unspecified atom stereocenters. The molecule has 1 aromatic rings. The number of carbonyl (C=O) groups excluding carboxylic acids is 3. The predicted octanol–water partition coefficient (Wildman–Crippen LogP) is 7.18. The fraction of sp³-hybridized carbons (Fsp3) is 0.719. The third-order valence-corrected chi connectivity index (χ3v) is 7.34. The van der Waals surface area contributed by atoms with Gasteiger partial charge in [-0.05, 0) is 71.5 Å². The maximum absolute atomic E-state index is 14.3. The number of nitrogens with zero attached hydrogens (tertiary/aromatic N) is 1. The Labute approximate surface area is 248 Å². The number of carbonyl (C=O) groups is 3. The van der Waals surface area contributed by atoms with Gasteiger partial charge in [0.05, 0.1) is 0 Å². The second kappa shape index (κ2) is 19.0. The van der Waals surface area contributed by atoms with Crippen LogP contribution in [0, 0.1) is 6.92 Å². The molecule has 1 rings (SSSR count). The molecule has 3 amide bonds. The van der Waals surface area contributed by atoms with E-state index in [0.29, 0.717) is 18.7 Å². The minimum Gasteiger partial charge on any atom is -0.444 e. The molecule has 3 atom stereocenters. The molecule has 0 radical (unpaired) electrons. The van der Waals surface area contributed by atoms with Gasteiger partial charge < -0.3 is 20.3 Å². The second-order valence-electron chi connectivity index (χ2n) is 11.8. The maximum atomic E-state index is 14.3. The highest BCUT2D eigenvalue weighted by molar-refractivity contribution is 7.98. The number of amides is 3. The number of aryl methyl sites for hydroxylation is 1. The van der Waals surface area contributed by atoms with E-state index in [-0.39, 0.29) is 17.9 Å². The van der Waals surface area contributed by atoms with Gasteiger partial charge >= 0.3 is 6.09 Å². The van der Waals surface area contributed by atoms with Gasteiger partial charge in [-0.3, -0.25) is 9.59 Å². The van der Waals surface area contributed by atoms with Crippen LogP contribution in [0.15, 0.2) is 24.3 Å². The number of alkyl carbamates (subject to hydrolysis) is 1. The van der Waals surface area contributed by atoms with Crippen molar-refractivity contribution < 1.29 is 19.1 Å². The lowest BCUT2D eigenvalue weighted by Gasteiger charge is -2.35. The molecule has 0 fully saturated rings. The van der Waals surface area contributed by atoms with Crippen LogP contribution >= 0.6 is 11.8 Å². The third-order valence-electron chi connectivity index (χ3n) is 6.70. The Bertz CT molecular complexity index is 885. The summed E-state index contributed by atoms with van der Waals surface area (Å²) < 4.78 is 5.49. The Morgan fingerprint density at radius 3 is 2.12 bits per heavy atom. The fourth-order valence-electron chi connectivity index (χ4n) is 4.62. The summed E-state index contributed by atoms with van der Waals surface area (Å²) in [5.41, 5.74) is 1.17. The van der Waals surface area contributed by atoms with Crippen LogP contribution in [0.5, 0.6) is 0 Å². The van der Waals surface area contributed by atoms with Gasteiger partial charge in [0.1, 0.15) is 17.7 Å². The van der Waals surface area contributed by atoms with Crippen molar-refractivity contribution in [3.63, 3.8) is 0 Å². The molecule has 0 aromatic heterocycles. The quantitative estimate of drug-likeness (QED) is 0.181. The summed E-state index contributed by atoms with van der Waals surface area (Å²) in [5, 5.41) is 5.98. The van der Waals surface area contributed by atoms with Gasteiger partial charge in [0.15, 0.2) is 0 Å². The molecule has 0 spiro atoms. The average Bonchev–Trinajstić information content (AvgIpc) is 2.87. The highest BCUT2D eigenvalue weighted by atomic mass is 32.2. The van der Waals surface area contributed by atoms with Gasteiger partial charge in [0.25, 0.3) is 0 Å². The first-order valence-corrected chi connectivity index (χ1v) is 16.5. The zero-order chi connectivity index (χ0) is 30.1. The van der Waals surface area contributed by atoms with Crippen molar-refractivity contribution in [2.24, 2.45) is 0 Å². The lowest BCUT2D eigenvalue weighted by molar-refractivity contribution is -0.143. The first-order chi connectivity index (χ1) is 18.9. The number of ether oxygens (including phenoxy) is 1. The lowest BCUT2D eigenvalue weighted by atomic mass is 9.99. The Morgan fingerprint density at radius 2 is 1.55 bits per heavy atom. The minimum atomic E-state index is -0.795. The van der Waals surface area contributed by atoms with Gasteiger partial charge in [-0.25, -0.2) is 4.79 Å². The molecule has 2 N–H and O–H groups in total. The molecule has 40 heavy (non-hydrogen) atoms. The number of nitrogens with one attached hydrogen (secondary N) is 2. The fourth-order valence-corrected chi connectivity index (χ4v) is 5.09. The lowest BCUT2D eigenvalue weighted by Crippen LogP contribution is -2.54. The zero-order valence-electron chi connectivity index (χ0n) is 26.3. The molecule has 0 heterocycles. The molecule has 0 saturated carbocycles. The smallest absolute Gasteiger partial charge is 0.408 e. The molecule has 0 aliphatic heterocycles. The summed E-state index contributed by atoms with van der Waals surface area (Å²) in [5.74, 6) is 0.244. The van der Waals surface area contributed by atoms with E-state index in [9.17, 15) is 14.4 Å². The van der Waals surface area contributed by atoms with Crippen LogP contribution in [-0.4, -0.2) is 59.0 Å². The number of hydrogen-bond donors (Lipinski definition) is 2. The Balaban J connectivity index is 3.42. The van der Waals surface area contributed by atoms with Crippen LogP contribution in [0.2, 0.25) is 0 Å². The zero-order valence-corrected chi connectivity index (χ0v) is 27.1. The Morgan fingerprint density at radius 1 is 0.925 bits per heavy atom. The van der Waals surface area contributed by atoms with E-state index in [1.165, 1.54) is 12.8 Å². The van der Waals surface area contributed by atoms with E-state index in [1.807, 2.05) is 44.4 Å². The van der Waals surface area contributed by atoms with E-state index < -0.39 is 23.8 Å². The number of benzene rings is 1. The van der Waals surface area contributed by atoms with Crippen molar-refractivity contribution in [2.45, 2.75) is 130 Å². The predicted molar refractivity (Wildman–Crippen MR) is 168 cm³/mol. The number of rotatable bonds is 18. The Kier molecular flexibility index (Phi) is 17.0. The van der Waals surface area contributed by atoms with E-state index in [1.54, 1.807) is 37.4 Å². The van der Waals surface area contributed by atoms with Crippen molar-refractivity contribution in [3.8, 4) is 0 Å². The van der Waals surface area contributed by atoms with Crippen molar-refractivity contribution in [3.05, 3.63) is 35.4 Å². The summed E-state index contributed by atoms with van der Waals surface area (Å²) in [4.78, 5) is 42.6. The van der Waals surface area contributed by atoms with Gasteiger partial charge in [-0.15, -0.1) is 0 Å². The monoisotopic (exact) mass is 577 g/mol. The largest absolute Gasteiger partial charge is 0.444 e. The van der Waals surface area contributed by atoms with E-state index in [0.717, 1.165) is 49.7 Å². The van der Waals surface area contributed by atoms with Crippen molar-refractivity contribution in [2.75, 3.05) is 18.6 Å². The van der Waals surface area contributed by atoms with E-state index in [2.05, 4.69) is 24.5 Å². The summed E-state index contributed by atoms with van der Waals surface area (Å²) in [6.07, 6.45) is 9.99. The van der Waals surface area contributed by atoms with Gasteiger partial charge in [0.2, 0.25) is 11.8 Å². The number of hydrogen-bond acceptors (Lipinski definition) is 5. The maximum Gasteiger partial charge on any atom is 0.408 e. The highest BCUT2D eigenvalue weighted by Gasteiger charge is 2.36. The summed E-state index contributed by atoms with van der Waals surface area (Å²) >= 11 is 1.61. The molecule has 228 valence electrons. The molecule has 7 nitrogen and oxygen atoms in total. The van der Waals surface area contributed by atoms with E-state index in [4.69, 9.17) is 4.74 Å². The molecule has 1 aromatic carbocycles. The third kappa shape index (κ3) is 13.9. The molecule has 0 aliphatic rings. The van der Waals surface area contributed by atoms with E-state index >= 15 is 0 Å². The normalized spacial score (nSPS) is 13.7. The van der Waals surface area contributed by atoms with Crippen molar-refractivity contribution >= 4 is 29.7 Å². The SMILES string of the molecule is CCCCCCCCN(C(=O)C(CCSC)NC(=O)OC(C)(C)C)C(C(=O)NC(C)CCC)c1ccc(C)cc1. The van der Waals surface area contributed by atoms with Crippen LogP contribution in [0.4, 0.5) is 4.79 Å². The first-order valence-electron chi connectivity index (χ1n) is 15.1. The second-order valence-corrected chi connectivity index (χ2v) is 12.8. The van der Waals surface area contributed by atoms with Gasteiger partial charge in [0, 0.05) is 12.6 Å². The molecule has 8 heteroatoms. The van der Waals surface area contributed by atoms with Crippen LogP contribution in [0.3, 0.4) is 0 Å².